The van der Waals surface area contributed by atoms with E-state index in [0.717, 1.165) is 35.0 Å². The fraction of sp³-hybridized carbons (Fsp3) is 0.222. The second-order valence-corrected chi connectivity index (χ2v) is 7.50. The van der Waals surface area contributed by atoms with Crippen molar-refractivity contribution < 1.29 is 0 Å². The quantitative estimate of drug-likeness (QED) is 0.460. The Morgan fingerprint density at radius 2 is 1.80 bits per heavy atom. The number of aromatic nitrogens is 2. The summed E-state index contributed by atoms with van der Waals surface area (Å²) in [4.78, 5) is 19.2. The average Bonchev–Trinajstić information content (AvgIpc) is 2.57. The Morgan fingerprint density at radius 1 is 1.04 bits per heavy atom. The number of fused-ring (bicyclic) bond motifs is 1. The van der Waals surface area contributed by atoms with Crippen molar-refractivity contribution in [3.8, 4) is 0 Å². The van der Waals surface area contributed by atoms with E-state index in [9.17, 15) is 4.79 Å². The molecule has 3 rings (SSSR count). The third kappa shape index (κ3) is 5.14. The monoisotopic (exact) mass is 464 g/mol. The van der Waals surface area contributed by atoms with E-state index in [2.05, 4.69) is 64.6 Å². The van der Waals surface area contributed by atoms with Gasteiger partial charge in [-0.25, -0.2) is 4.98 Å². The molecule has 1 aromatic heterocycles. The third-order valence-corrected chi connectivity index (χ3v) is 4.60. The molecule has 130 valence electrons. The lowest BCUT2D eigenvalue weighted by molar-refractivity contribution is 0.662. The SMILES string of the molecule is O=c1[nH]c(NCCCNCc2cc(Br)cc(Br)c2)nc2ccccc12. The summed E-state index contributed by atoms with van der Waals surface area (Å²) in [7, 11) is 0. The van der Waals surface area contributed by atoms with Gasteiger partial charge >= 0.3 is 0 Å². The zero-order valence-electron chi connectivity index (χ0n) is 13.5. The highest BCUT2D eigenvalue weighted by atomic mass is 79.9. The number of nitrogens with one attached hydrogen (secondary N) is 3. The first-order chi connectivity index (χ1) is 12.1. The van der Waals surface area contributed by atoms with Crippen molar-refractivity contribution in [3.63, 3.8) is 0 Å². The van der Waals surface area contributed by atoms with E-state index in [1.807, 2.05) is 24.3 Å². The van der Waals surface area contributed by atoms with Gasteiger partial charge in [-0.3, -0.25) is 9.78 Å². The van der Waals surface area contributed by atoms with Crippen LogP contribution in [0, 0.1) is 0 Å². The van der Waals surface area contributed by atoms with Gasteiger partial charge in [0.2, 0.25) is 5.95 Å². The van der Waals surface area contributed by atoms with Crippen LogP contribution in [0.2, 0.25) is 0 Å². The summed E-state index contributed by atoms with van der Waals surface area (Å²) in [5.41, 5.74) is 1.80. The van der Waals surface area contributed by atoms with Crippen LogP contribution < -0.4 is 16.2 Å². The van der Waals surface area contributed by atoms with Crippen LogP contribution in [0.4, 0.5) is 5.95 Å². The van der Waals surface area contributed by atoms with Crippen LogP contribution in [0.3, 0.4) is 0 Å². The summed E-state index contributed by atoms with van der Waals surface area (Å²) < 4.78 is 2.12. The van der Waals surface area contributed by atoms with Gasteiger partial charge in [-0.15, -0.1) is 0 Å². The van der Waals surface area contributed by atoms with Crippen LogP contribution in [0.25, 0.3) is 10.9 Å². The van der Waals surface area contributed by atoms with Crippen molar-refractivity contribution in [2.45, 2.75) is 13.0 Å². The first kappa shape index (κ1) is 18.1. The molecule has 0 saturated carbocycles. The Balaban J connectivity index is 1.45. The minimum atomic E-state index is -0.119. The van der Waals surface area contributed by atoms with Crippen molar-refractivity contribution in [2.24, 2.45) is 0 Å². The molecule has 5 nitrogen and oxygen atoms in total. The first-order valence-electron chi connectivity index (χ1n) is 8.00. The maximum Gasteiger partial charge on any atom is 0.260 e. The molecule has 25 heavy (non-hydrogen) atoms. The topological polar surface area (TPSA) is 69.8 Å². The number of hydrogen-bond donors (Lipinski definition) is 3. The summed E-state index contributed by atoms with van der Waals surface area (Å²) >= 11 is 6.98. The molecule has 0 unspecified atom stereocenters. The summed E-state index contributed by atoms with van der Waals surface area (Å²) in [5, 5.41) is 7.19. The maximum absolute atomic E-state index is 12.0. The molecule has 2 aromatic carbocycles. The Kier molecular flexibility index (Phi) is 6.23. The Labute approximate surface area is 162 Å². The number of rotatable bonds is 7. The molecule has 0 radical (unpaired) electrons. The highest BCUT2D eigenvalue weighted by Crippen LogP contribution is 2.19. The van der Waals surface area contributed by atoms with Gasteiger partial charge in [-0.2, -0.15) is 0 Å². The van der Waals surface area contributed by atoms with E-state index < -0.39 is 0 Å². The standard InChI is InChI=1S/C18H18Br2N4O/c19-13-8-12(9-14(20)10-13)11-21-6-3-7-22-18-23-16-5-2-1-4-15(16)17(25)24-18/h1-2,4-5,8-10,21H,3,6-7,11H2,(H2,22,23,24,25). The fourth-order valence-corrected chi connectivity index (χ4v) is 3.92. The minimum Gasteiger partial charge on any atom is -0.356 e. The molecule has 3 aromatic rings. The van der Waals surface area contributed by atoms with Gasteiger partial charge in [-0.05, 0) is 48.9 Å². The van der Waals surface area contributed by atoms with Crippen molar-refractivity contribution in [3.05, 3.63) is 67.3 Å². The molecule has 0 atom stereocenters. The molecule has 0 fully saturated rings. The highest BCUT2D eigenvalue weighted by Gasteiger charge is 2.02. The van der Waals surface area contributed by atoms with Crippen LogP contribution in [0.5, 0.6) is 0 Å². The smallest absolute Gasteiger partial charge is 0.260 e. The summed E-state index contributed by atoms with van der Waals surface area (Å²) in [5.74, 6) is 0.514. The van der Waals surface area contributed by atoms with E-state index in [1.165, 1.54) is 5.56 Å². The number of hydrogen-bond acceptors (Lipinski definition) is 4. The van der Waals surface area contributed by atoms with E-state index in [-0.39, 0.29) is 5.56 Å². The van der Waals surface area contributed by atoms with E-state index in [1.54, 1.807) is 6.07 Å². The molecule has 0 aliphatic rings. The van der Waals surface area contributed by atoms with E-state index >= 15 is 0 Å². The summed E-state index contributed by atoms with van der Waals surface area (Å²) in [6.07, 6.45) is 0.922. The third-order valence-electron chi connectivity index (χ3n) is 3.69. The van der Waals surface area contributed by atoms with Crippen LogP contribution in [-0.4, -0.2) is 23.1 Å². The largest absolute Gasteiger partial charge is 0.356 e. The molecule has 3 N–H and O–H groups in total. The van der Waals surface area contributed by atoms with Crippen LogP contribution in [-0.2, 0) is 6.54 Å². The minimum absolute atomic E-state index is 0.119. The first-order valence-corrected chi connectivity index (χ1v) is 9.59. The lowest BCUT2D eigenvalue weighted by atomic mass is 10.2. The van der Waals surface area contributed by atoms with Crippen molar-refractivity contribution in [2.75, 3.05) is 18.4 Å². The van der Waals surface area contributed by atoms with E-state index in [0.29, 0.717) is 16.9 Å². The van der Waals surface area contributed by atoms with Gasteiger partial charge < -0.3 is 10.6 Å². The molecular formula is C18H18Br2N4O. The van der Waals surface area contributed by atoms with Gasteiger partial charge in [0, 0.05) is 22.0 Å². The molecule has 0 bridgehead atoms. The van der Waals surface area contributed by atoms with Crippen molar-refractivity contribution >= 4 is 48.7 Å². The van der Waals surface area contributed by atoms with Gasteiger partial charge in [0.1, 0.15) is 0 Å². The average molecular weight is 466 g/mol. The van der Waals surface area contributed by atoms with E-state index in [4.69, 9.17) is 0 Å². The predicted molar refractivity (Wildman–Crippen MR) is 109 cm³/mol. The van der Waals surface area contributed by atoms with Crippen LogP contribution in [0.15, 0.2) is 56.2 Å². The van der Waals surface area contributed by atoms with Crippen molar-refractivity contribution in [1.82, 2.24) is 15.3 Å². The molecule has 7 heteroatoms. The zero-order chi connectivity index (χ0) is 17.6. The molecular weight excluding hydrogens is 448 g/mol. The van der Waals surface area contributed by atoms with Gasteiger partial charge in [-0.1, -0.05) is 44.0 Å². The lowest BCUT2D eigenvalue weighted by Crippen LogP contribution is -2.19. The molecule has 1 heterocycles. The second kappa shape index (κ2) is 8.60. The fourth-order valence-electron chi connectivity index (χ4n) is 2.54. The van der Waals surface area contributed by atoms with Gasteiger partial charge in [0.25, 0.3) is 5.56 Å². The Hall–Kier alpha value is -1.70. The summed E-state index contributed by atoms with van der Waals surface area (Å²) in [6, 6.07) is 13.5. The Morgan fingerprint density at radius 3 is 2.60 bits per heavy atom. The molecule has 0 aliphatic carbocycles. The number of halogens is 2. The Bertz CT molecular complexity index is 906. The zero-order valence-corrected chi connectivity index (χ0v) is 16.7. The lowest BCUT2D eigenvalue weighted by Gasteiger charge is -2.08. The second-order valence-electron chi connectivity index (χ2n) is 5.67. The number of anilines is 1. The molecule has 0 saturated heterocycles. The van der Waals surface area contributed by atoms with Gasteiger partial charge in [0.15, 0.2) is 0 Å². The van der Waals surface area contributed by atoms with Crippen LogP contribution in [0.1, 0.15) is 12.0 Å². The number of aromatic amines is 1. The molecule has 0 amide bonds. The predicted octanol–water partition coefficient (Wildman–Crippen LogP) is 4.04. The number of benzene rings is 2. The van der Waals surface area contributed by atoms with Crippen molar-refractivity contribution in [1.29, 1.82) is 0 Å². The number of H-pyrrole nitrogens is 1. The molecule has 0 spiro atoms. The maximum atomic E-state index is 12.0. The number of para-hydroxylation sites is 1. The molecule has 0 aliphatic heterocycles. The normalized spacial score (nSPS) is 11.0. The highest BCUT2D eigenvalue weighted by molar-refractivity contribution is 9.11. The summed E-state index contributed by atoms with van der Waals surface area (Å²) in [6.45, 7) is 2.41. The van der Waals surface area contributed by atoms with Gasteiger partial charge in [0.05, 0.1) is 10.9 Å². The van der Waals surface area contributed by atoms with Crippen LogP contribution >= 0.6 is 31.9 Å². The number of nitrogens with zero attached hydrogens (tertiary/aromatic N) is 1.